The van der Waals surface area contributed by atoms with Gasteiger partial charge in [0.25, 0.3) is 0 Å². The van der Waals surface area contributed by atoms with Crippen LogP contribution in [0.2, 0.25) is 0 Å². The molecule has 106 valence electrons. The number of hydrogen-bond donors (Lipinski definition) is 1. The van der Waals surface area contributed by atoms with E-state index in [2.05, 4.69) is 43.9 Å². The molecule has 3 nitrogen and oxygen atoms in total. The van der Waals surface area contributed by atoms with Crippen molar-refractivity contribution >= 4 is 0 Å². The molecular formula is C16H26N2O. The first-order chi connectivity index (χ1) is 8.92. The van der Waals surface area contributed by atoms with Crippen LogP contribution in [0.1, 0.15) is 31.4 Å². The largest absolute Gasteiger partial charge is 0.496 e. The number of aryl methyl sites for hydroxylation is 1. The fourth-order valence-electron chi connectivity index (χ4n) is 2.89. The third-order valence-electron chi connectivity index (χ3n) is 4.22. The molecule has 1 aromatic rings. The van der Waals surface area contributed by atoms with Gasteiger partial charge in [0.1, 0.15) is 5.75 Å². The maximum absolute atomic E-state index is 6.20. The smallest absolute Gasteiger partial charge is 0.123 e. The number of ether oxygens (including phenoxy) is 1. The predicted octanol–water partition coefficient (Wildman–Crippen LogP) is 2.56. The Morgan fingerprint density at radius 3 is 2.79 bits per heavy atom. The molecule has 1 saturated heterocycles. The van der Waals surface area contributed by atoms with E-state index in [1.54, 1.807) is 7.11 Å². The van der Waals surface area contributed by atoms with E-state index in [4.69, 9.17) is 10.5 Å². The maximum atomic E-state index is 6.20. The molecule has 0 amide bonds. The molecule has 2 N–H and O–H groups in total. The van der Waals surface area contributed by atoms with E-state index in [0.717, 1.165) is 31.8 Å². The normalized spacial score (nSPS) is 23.3. The van der Waals surface area contributed by atoms with Crippen LogP contribution in [0.4, 0.5) is 0 Å². The van der Waals surface area contributed by atoms with E-state index in [1.807, 2.05) is 0 Å². The van der Waals surface area contributed by atoms with Gasteiger partial charge < -0.3 is 10.5 Å². The zero-order chi connectivity index (χ0) is 14.0. The quantitative estimate of drug-likeness (QED) is 0.910. The fraction of sp³-hybridized carbons (Fsp3) is 0.625. The van der Waals surface area contributed by atoms with Crippen LogP contribution >= 0.6 is 0 Å². The van der Waals surface area contributed by atoms with Crippen molar-refractivity contribution in [1.82, 2.24) is 4.90 Å². The number of hydrogen-bond acceptors (Lipinski definition) is 3. The Balaban J connectivity index is 2.11. The third-order valence-corrected chi connectivity index (χ3v) is 4.22. The van der Waals surface area contributed by atoms with Crippen LogP contribution in [0.25, 0.3) is 0 Å². The van der Waals surface area contributed by atoms with Crippen molar-refractivity contribution in [3.05, 3.63) is 29.3 Å². The summed E-state index contributed by atoms with van der Waals surface area (Å²) in [4.78, 5) is 2.49. The molecule has 1 aromatic carbocycles. The van der Waals surface area contributed by atoms with Gasteiger partial charge in [-0.25, -0.2) is 0 Å². The molecule has 0 spiro atoms. The second-order valence-corrected chi connectivity index (χ2v) is 6.41. The highest BCUT2D eigenvalue weighted by molar-refractivity contribution is 5.36. The Morgan fingerprint density at radius 2 is 2.16 bits per heavy atom. The standard InChI is InChI=1S/C16H26N2O/c1-12-5-6-14(19-4)13(9-12)10-18-8-7-15(17)16(2,3)11-18/h5-6,9,15H,7-8,10-11,17H2,1-4H3. The van der Waals surface area contributed by atoms with Gasteiger partial charge in [0.05, 0.1) is 7.11 Å². The molecule has 1 aliphatic heterocycles. The number of piperidine rings is 1. The number of benzene rings is 1. The summed E-state index contributed by atoms with van der Waals surface area (Å²) in [5.41, 5.74) is 8.94. The molecule has 0 radical (unpaired) electrons. The Kier molecular flexibility index (Phi) is 4.16. The van der Waals surface area contributed by atoms with Crippen molar-refractivity contribution in [3.63, 3.8) is 0 Å². The highest BCUT2D eigenvalue weighted by Crippen LogP contribution is 2.30. The summed E-state index contributed by atoms with van der Waals surface area (Å²) >= 11 is 0. The number of nitrogens with zero attached hydrogens (tertiary/aromatic N) is 1. The topological polar surface area (TPSA) is 38.5 Å². The molecule has 0 aliphatic carbocycles. The molecule has 1 unspecified atom stereocenters. The van der Waals surface area contributed by atoms with Crippen LogP contribution in [-0.4, -0.2) is 31.1 Å². The Labute approximate surface area is 116 Å². The number of rotatable bonds is 3. The zero-order valence-corrected chi connectivity index (χ0v) is 12.6. The van der Waals surface area contributed by atoms with Crippen LogP contribution in [-0.2, 0) is 6.54 Å². The average Bonchev–Trinajstić information content (AvgIpc) is 2.34. The van der Waals surface area contributed by atoms with E-state index in [1.165, 1.54) is 11.1 Å². The lowest BCUT2D eigenvalue weighted by Gasteiger charge is -2.42. The van der Waals surface area contributed by atoms with Crippen LogP contribution in [0.5, 0.6) is 5.75 Å². The van der Waals surface area contributed by atoms with Gasteiger partial charge in [-0.05, 0) is 24.8 Å². The van der Waals surface area contributed by atoms with Gasteiger partial charge in [-0.15, -0.1) is 0 Å². The molecule has 2 rings (SSSR count). The minimum Gasteiger partial charge on any atom is -0.496 e. The van der Waals surface area contributed by atoms with Crippen LogP contribution in [0.3, 0.4) is 0 Å². The Morgan fingerprint density at radius 1 is 1.42 bits per heavy atom. The predicted molar refractivity (Wildman–Crippen MR) is 79.4 cm³/mol. The van der Waals surface area contributed by atoms with Crippen molar-refractivity contribution < 1.29 is 4.74 Å². The molecular weight excluding hydrogens is 236 g/mol. The first-order valence-corrected chi connectivity index (χ1v) is 7.04. The molecule has 3 heteroatoms. The lowest BCUT2D eigenvalue weighted by atomic mass is 9.79. The zero-order valence-electron chi connectivity index (χ0n) is 12.6. The summed E-state index contributed by atoms with van der Waals surface area (Å²) in [7, 11) is 1.74. The van der Waals surface area contributed by atoms with Gasteiger partial charge in [-0.2, -0.15) is 0 Å². The van der Waals surface area contributed by atoms with Crippen molar-refractivity contribution in [3.8, 4) is 5.75 Å². The first-order valence-electron chi connectivity index (χ1n) is 7.04. The summed E-state index contributed by atoms with van der Waals surface area (Å²) in [6.45, 7) is 9.71. The summed E-state index contributed by atoms with van der Waals surface area (Å²) in [5, 5.41) is 0. The van der Waals surface area contributed by atoms with E-state index in [0.29, 0.717) is 6.04 Å². The molecule has 0 aromatic heterocycles. The monoisotopic (exact) mass is 262 g/mol. The molecule has 1 heterocycles. The van der Waals surface area contributed by atoms with Crippen molar-refractivity contribution in [2.24, 2.45) is 11.1 Å². The first kappa shape index (κ1) is 14.4. The second kappa shape index (κ2) is 5.51. The molecule has 19 heavy (non-hydrogen) atoms. The lowest BCUT2D eigenvalue weighted by Crippen LogP contribution is -2.52. The summed E-state index contributed by atoms with van der Waals surface area (Å²) in [6.07, 6.45) is 1.07. The van der Waals surface area contributed by atoms with E-state index >= 15 is 0 Å². The maximum Gasteiger partial charge on any atom is 0.123 e. The van der Waals surface area contributed by atoms with Crippen LogP contribution in [0, 0.1) is 12.3 Å². The Hall–Kier alpha value is -1.06. The number of nitrogens with two attached hydrogens (primary N) is 1. The van der Waals surface area contributed by atoms with E-state index in [9.17, 15) is 0 Å². The SMILES string of the molecule is COc1ccc(C)cc1CN1CCC(N)C(C)(C)C1. The van der Waals surface area contributed by atoms with E-state index < -0.39 is 0 Å². The third kappa shape index (κ3) is 3.28. The molecule has 0 bridgehead atoms. The lowest BCUT2D eigenvalue weighted by molar-refractivity contribution is 0.0892. The van der Waals surface area contributed by atoms with Gasteiger partial charge in [0.2, 0.25) is 0 Å². The van der Waals surface area contributed by atoms with E-state index in [-0.39, 0.29) is 5.41 Å². The molecule has 1 atom stereocenters. The van der Waals surface area contributed by atoms with Crippen molar-refractivity contribution in [2.45, 2.75) is 39.8 Å². The highest BCUT2D eigenvalue weighted by Gasteiger charge is 2.33. The van der Waals surface area contributed by atoms with Crippen molar-refractivity contribution in [1.29, 1.82) is 0 Å². The number of likely N-dealkylation sites (tertiary alicyclic amines) is 1. The minimum atomic E-state index is 0.190. The molecule has 1 aliphatic rings. The minimum absolute atomic E-state index is 0.190. The van der Waals surface area contributed by atoms with Gasteiger partial charge in [-0.3, -0.25) is 4.90 Å². The fourth-order valence-corrected chi connectivity index (χ4v) is 2.89. The molecule has 0 saturated carbocycles. The second-order valence-electron chi connectivity index (χ2n) is 6.41. The summed E-state index contributed by atoms with van der Waals surface area (Å²) in [5.74, 6) is 0.985. The Bertz CT molecular complexity index is 442. The summed E-state index contributed by atoms with van der Waals surface area (Å²) in [6, 6.07) is 6.69. The van der Waals surface area contributed by atoms with Crippen LogP contribution < -0.4 is 10.5 Å². The van der Waals surface area contributed by atoms with Gasteiger partial charge >= 0.3 is 0 Å². The van der Waals surface area contributed by atoms with Crippen LogP contribution in [0.15, 0.2) is 18.2 Å². The van der Waals surface area contributed by atoms with Gasteiger partial charge in [0, 0.05) is 31.2 Å². The summed E-state index contributed by atoms with van der Waals surface area (Å²) < 4.78 is 5.46. The van der Waals surface area contributed by atoms with Gasteiger partial charge in [-0.1, -0.05) is 31.5 Å². The average molecular weight is 262 g/mol. The number of methoxy groups -OCH3 is 1. The highest BCUT2D eigenvalue weighted by atomic mass is 16.5. The van der Waals surface area contributed by atoms with Gasteiger partial charge in [0.15, 0.2) is 0 Å². The molecule has 1 fully saturated rings. The van der Waals surface area contributed by atoms with Crippen molar-refractivity contribution in [2.75, 3.05) is 20.2 Å².